The zero-order valence-electron chi connectivity index (χ0n) is 12.1. The summed E-state index contributed by atoms with van der Waals surface area (Å²) in [6.45, 7) is -0.239. The van der Waals surface area contributed by atoms with Gasteiger partial charge in [-0.1, -0.05) is 6.07 Å². The highest BCUT2D eigenvalue weighted by Crippen LogP contribution is 2.20. The van der Waals surface area contributed by atoms with Crippen LogP contribution in [0.1, 0.15) is 0 Å². The van der Waals surface area contributed by atoms with Gasteiger partial charge in [0.2, 0.25) is 9.84 Å². The van der Waals surface area contributed by atoms with Crippen molar-refractivity contribution >= 4 is 44.0 Å². The highest BCUT2D eigenvalue weighted by Gasteiger charge is 2.26. The summed E-state index contributed by atoms with van der Waals surface area (Å²) < 4.78 is 53.7. The lowest BCUT2D eigenvalue weighted by Crippen LogP contribution is -2.20. The maximum Gasteiger partial charge on any atom is 0.341 e. The van der Waals surface area contributed by atoms with E-state index in [1.807, 2.05) is 6.07 Å². The third-order valence-electron chi connectivity index (χ3n) is 2.87. The summed E-state index contributed by atoms with van der Waals surface area (Å²) in [7, 11) is -4.64. The minimum absolute atomic E-state index is 0.239. The number of amides is 1. The van der Waals surface area contributed by atoms with Crippen molar-refractivity contribution in [2.45, 2.75) is 10.7 Å². The maximum atomic E-state index is 12.4. The second-order valence-corrected chi connectivity index (χ2v) is 7.79. The third-order valence-corrected chi connectivity index (χ3v) is 4.94. The Balaban J connectivity index is 1.95. The predicted octanol–water partition coefficient (Wildman–Crippen LogP) is 3.31. The van der Waals surface area contributed by atoms with Crippen LogP contribution < -0.4 is 10.1 Å². The highest BCUT2D eigenvalue weighted by atomic mass is 127. The van der Waals surface area contributed by atoms with Gasteiger partial charge in [0, 0.05) is 9.26 Å². The van der Waals surface area contributed by atoms with Crippen LogP contribution in [0.15, 0.2) is 53.4 Å². The number of nitrogens with one attached hydrogen (secondary N) is 1. The van der Waals surface area contributed by atoms with E-state index in [1.54, 1.807) is 18.2 Å². The van der Waals surface area contributed by atoms with Crippen LogP contribution in [0.25, 0.3) is 0 Å². The average molecular weight is 467 g/mol. The molecule has 2 aromatic carbocycles. The molecule has 0 aliphatic carbocycles. The molecule has 2 aromatic rings. The van der Waals surface area contributed by atoms with E-state index in [-0.39, 0.29) is 12.3 Å². The summed E-state index contributed by atoms with van der Waals surface area (Å²) in [6.07, 6.45) is 0. The van der Waals surface area contributed by atoms with Gasteiger partial charge in [-0.25, -0.2) is 8.42 Å². The first kappa shape index (κ1) is 18.6. The van der Waals surface area contributed by atoms with E-state index in [1.165, 1.54) is 12.1 Å². The van der Waals surface area contributed by atoms with E-state index in [4.69, 9.17) is 4.74 Å². The minimum atomic E-state index is -4.64. The zero-order valence-corrected chi connectivity index (χ0v) is 15.1. The standard InChI is InChI=1S/C15H12F2INO4S/c16-15(17)24(21,22)13-6-4-11(5-7-13)19-14(20)9-23-12-3-1-2-10(18)8-12/h1-8,15H,9H2,(H,19,20). The van der Waals surface area contributed by atoms with Crippen LogP contribution in [0.3, 0.4) is 0 Å². The largest absolute Gasteiger partial charge is 0.484 e. The van der Waals surface area contributed by atoms with Crippen molar-refractivity contribution in [2.75, 3.05) is 11.9 Å². The number of sulfone groups is 1. The molecule has 2 rings (SSSR count). The van der Waals surface area contributed by atoms with Crippen LogP contribution in [0.5, 0.6) is 5.75 Å². The minimum Gasteiger partial charge on any atom is -0.484 e. The van der Waals surface area contributed by atoms with Crippen LogP contribution in [0.4, 0.5) is 14.5 Å². The van der Waals surface area contributed by atoms with Crippen LogP contribution in [0, 0.1) is 3.57 Å². The van der Waals surface area contributed by atoms with Gasteiger partial charge in [0.25, 0.3) is 5.91 Å². The number of halogens is 3. The molecule has 0 saturated carbocycles. The molecule has 24 heavy (non-hydrogen) atoms. The zero-order chi connectivity index (χ0) is 17.7. The van der Waals surface area contributed by atoms with Gasteiger partial charge in [-0.2, -0.15) is 8.78 Å². The summed E-state index contributed by atoms with van der Waals surface area (Å²) >= 11 is 2.11. The first-order valence-electron chi connectivity index (χ1n) is 6.59. The fourth-order valence-corrected chi connectivity index (χ4v) is 2.97. The van der Waals surface area contributed by atoms with E-state index in [9.17, 15) is 22.0 Å². The van der Waals surface area contributed by atoms with Gasteiger partial charge in [0.15, 0.2) is 6.61 Å². The fourth-order valence-electron chi connectivity index (χ4n) is 1.73. The van der Waals surface area contributed by atoms with E-state index in [0.717, 1.165) is 15.7 Å². The van der Waals surface area contributed by atoms with Crippen molar-refractivity contribution in [1.82, 2.24) is 0 Å². The molecule has 0 aliphatic heterocycles. The number of carbonyl (C=O) groups is 1. The first-order chi connectivity index (χ1) is 11.3. The van der Waals surface area contributed by atoms with E-state index in [0.29, 0.717) is 5.75 Å². The molecule has 0 saturated heterocycles. The van der Waals surface area contributed by atoms with Crippen LogP contribution >= 0.6 is 22.6 Å². The van der Waals surface area contributed by atoms with Gasteiger partial charge in [0.05, 0.1) is 4.90 Å². The smallest absolute Gasteiger partial charge is 0.341 e. The molecule has 0 heterocycles. The normalized spacial score (nSPS) is 11.3. The molecular weight excluding hydrogens is 455 g/mol. The van der Waals surface area contributed by atoms with E-state index in [2.05, 4.69) is 27.9 Å². The summed E-state index contributed by atoms with van der Waals surface area (Å²) in [6, 6.07) is 11.6. The molecule has 5 nitrogen and oxygen atoms in total. The van der Waals surface area contributed by atoms with E-state index >= 15 is 0 Å². The highest BCUT2D eigenvalue weighted by molar-refractivity contribution is 14.1. The van der Waals surface area contributed by atoms with Gasteiger partial charge in [-0.15, -0.1) is 0 Å². The predicted molar refractivity (Wildman–Crippen MR) is 92.9 cm³/mol. The molecule has 0 atom stereocenters. The lowest BCUT2D eigenvalue weighted by Gasteiger charge is -2.09. The molecule has 0 aliphatic rings. The summed E-state index contributed by atoms with van der Waals surface area (Å²) in [4.78, 5) is 11.3. The Morgan fingerprint density at radius 1 is 1.17 bits per heavy atom. The molecule has 0 spiro atoms. The van der Waals surface area contributed by atoms with Gasteiger partial charge in [0.1, 0.15) is 5.75 Å². The number of anilines is 1. The SMILES string of the molecule is O=C(COc1cccc(I)c1)Nc1ccc(S(=O)(=O)C(F)F)cc1. The van der Waals surface area contributed by atoms with Crippen LogP contribution in [-0.4, -0.2) is 26.7 Å². The second-order valence-electron chi connectivity index (χ2n) is 4.62. The number of rotatable bonds is 6. The second kappa shape index (κ2) is 7.88. The van der Waals surface area contributed by atoms with Crippen molar-refractivity contribution in [1.29, 1.82) is 0 Å². The maximum absolute atomic E-state index is 12.4. The van der Waals surface area contributed by atoms with Gasteiger partial charge < -0.3 is 10.1 Å². The summed E-state index contributed by atoms with van der Waals surface area (Å²) in [5.41, 5.74) is 0.277. The van der Waals surface area contributed by atoms with Gasteiger partial charge in [-0.3, -0.25) is 4.79 Å². The summed E-state index contributed by atoms with van der Waals surface area (Å²) in [5.74, 6) is -3.41. The Labute approximate surface area is 151 Å². The number of ether oxygens (including phenoxy) is 1. The first-order valence-corrected chi connectivity index (χ1v) is 9.22. The van der Waals surface area contributed by atoms with Crippen molar-refractivity contribution in [3.63, 3.8) is 0 Å². The van der Waals surface area contributed by atoms with Crippen molar-refractivity contribution < 1.29 is 26.7 Å². The topological polar surface area (TPSA) is 72.5 Å². The molecule has 9 heteroatoms. The molecular formula is C15H12F2INO4S. The number of hydrogen-bond donors (Lipinski definition) is 1. The lowest BCUT2D eigenvalue weighted by molar-refractivity contribution is -0.118. The average Bonchev–Trinajstić information content (AvgIpc) is 2.53. The van der Waals surface area contributed by atoms with Crippen molar-refractivity contribution in [2.24, 2.45) is 0 Å². The Bertz CT molecular complexity index is 826. The molecule has 128 valence electrons. The molecule has 0 radical (unpaired) electrons. The summed E-state index contributed by atoms with van der Waals surface area (Å²) in [5, 5.41) is 2.49. The molecule has 1 N–H and O–H groups in total. The lowest BCUT2D eigenvalue weighted by atomic mass is 10.3. The Hall–Kier alpha value is -1.75. The number of benzene rings is 2. The molecule has 0 bridgehead atoms. The van der Waals surface area contributed by atoms with Gasteiger partial charge in [-0.05, 0) is 65.1 Å². The fraction of sp³-hybridized carbons (Fsp3) is 0.133. The molecule has 1 amide bonds. The number of hydrogen-bond acceptors (Lipinski definition) is 4. The molecule has 0 unspecified atom stereocenters. The number of carbonyl (C=O) groups excluding carboxylic acids is 1. The van der Waals surface area contributed by atoms with Crippen molar-refractivity contribution in [3.8, 4) is 5.75 Å². The monoisotopic (exact) mass is 467 g/mol. The Morgan fingerprint density at radius 3 is 2.42 bits per heavy atom. The van der Waals surface area contributed by atoms with Crippen LogP contribution in [0.2, 0.25) is 0 Å². The molecule has 0 fully saturated rings. The Kier molecular flexibility index (Phi) is 6.10. The molecule has 0 aromatic heterocycles. The third kappa shape index (κ3) is 4.87. The van der Waals surface area contributed by atoms with Crippen LogP contribution in [-0.2, 0) is 14.6 Å². The van der Waals surface area contributed by atoms with E-state index < -0.39 is 26.4 Å². The van der Waals surface area contributed by atoms with Crippen molar-refractivity contribution in [3.05, 3.63) is 52.1 Å². The quantitative estimate of drug-likeness (QED) is 0.662. The number of alkyl halides is 2. The van der Waals surface area contributed by atoms with Gasteiger partial charge >= 0.3 is 5.76 Å². The Morgan fingerprint density at radius 2 is 1.83 bits per heavy atom.